The Morgan fingerprint density at radius 2 is 1.85 bits per heavy atom. The van der Waals surface area contributed by atoms with Gasteiger partial charge in [0.15, 0.2) is 0 Å². The smallest absolute Gasteiger partial charge is 0.124 e. The van der Waals surface area contributed by atoms with E-state index in [1.165, 1.54) is 33.9 Å². The van der Waals surface area contributed by atoms with Crippen LogP contribution in [0.1, 0.15) is 22.4 Å². The summed E-state index contributed by atoms with van der Waals surface area (Å²) >= 11 is 5.99. The van der Waals surface area contributed by atoms with Crippen molar-refractivity contribution in [2.24, 2.45) is 0 Å². The molecule has 1 aromatic carbocycles. The molecular formula is C16H18OS3. The minimum Gasteiger partial charge on any atom is -0.496 e. The largest absolute Gasteiger partial charge is 0.496 e. The molecule has 20 heavy (non-hydrogen) atoms. The van der Waals surface area contributed by atoms with Crippen molar-refractivity contribution >= 4 is 34.9 Å². The standard InChI is InChI=1S/C16H18OS3/c1-12-8-11-18-15(12)16(19-9-5-10-20-16)13-6-3-4-7-14(13)17-2/h3-4,6-8,11H,5,9-10H2,1-2H3. The highest BCUT2D eigenvalue weighted by molar-refractivity contribution is 8.18. The van der Waals surface area contributed by atoms with Crippen LogP contribution in [-0.4, -0.2) is 18.6 Å². The van der Waals surface area contributed by atoms with Gasteiger partial charge in [-0.1, -0.05) is 18.2 Å². The normalized spacial score (nSPS) is 17.9. The molecule has 0 saturated carbocycles. The van der Waals surface area contributed by atoms with E-state index in [-0.39, 0.29) is 4.08 Å². The molecule has 2 heterocycles. The number of rotatable bonds is 3. The first-order valence-electron chi connectivity index (χ1n) is 6.74. The van der Waals surface area contributed by atoms with Crippen LogP contribution in [0.2, 0.25) is 0 Å². The van der Waals surface area contributed by atoms with Gasteiger partial charge in [0.05, 0.1) is 7.11 Å². The maximum Gasteiger partial charge on any atom is 0.124 e. The van der Waals surface area contributed by atoms with Gasteiger partial charge in [0.2, 0.25) is 0 Å². The molecule has 0 radical (unpaired) electrons. The Bertz CT molecular complexity index is 585. The predicted octanol–water partition coefficient (Wildman–Crippen LogP) is 5.14. The van der Waals surface area contributed by atoms with Crippen molar-refractivity contribution in [3.8, 4) is 5.75 Å². The van der Waals surface area contributed by atoms with Gasteiger partial charge in [-0.3, -0.25) is 0 Å². The molecule has 1 aliphatic heterocycles. The molecule has 1 nitrogen and oxygen atoms in total. The molecular weight excluding hydrogens is 304 g/mol. The van der Waals surface area contributed by atoms with E-state index in [4.69, 9.17) is 4.74 Å². The van der Waals surface area contributed by atoms with Crippen molar-refractivity contribution in [2.75, 3.05) is 18.6 Å². The molecule has 2 aromatic rings. The van der Waals surface area contributed by atoms with Gasteiger partial charge in [-0.25, -0.2) is 0 Å². The van der Waals surface area contributed by atoms with E-state index in [9.17, 15) is 0 Å². The molecule has 1 aromatic heterocycles. The maximum absolute atomic E-state index is 5.64. The summed E-state index contributed by atoms with van der Waals surface area (Å²) in [6, 6.07) is 10.7. The zero-order valence-corrected chi connectivity index (χ0v) is 14.2. The van der Waals surface area contributed by atoms with Crippen LogP contribution in [0.25, 0.3) is 0 Å². The molecule has 0 unspecified atom stereocenters. The minimum absolute atomic E-state index is 0.00308. The summed E-state index contributed by atoms with van der Waals surface area (Å²) < 4.78 is 5.64. The summed E-state index contributed by atoms with van der Waals surface area (Å²) in [4.78, 5) is 1.47. The van der Waals surface area contributed by atoms with E-state index in [2.05, 4.69) is 66.2 Å². The quantitative estimate of drug-likeness (QED) is 0.774. The average Bonchev–Trinajstić information content (AvgIpc) is 2.94. The third kappa shape index (κ3) is 2.38. The second-order valence-corrected chi connectivity index (χ2v) is 8.59. The first-order chi connectivity index (χ1) is 9.78. The van der Waals surface area contributed by atoms with Crippen LogP contribution in [0.15, 0.2) is 35.7 Å². The first kappa shape index (κ1) is 14.4. The van der Waals surface area contributed by atoms with E-state index >= 15 is 0 Å². The lowest BCUT2D eigenvalue weighted by Crippen LogP contribution is -2.24. The molecule has 1 fully saturated rings. The van der Waals surface area contributed by atoms with Crippen LogP contribution in [0.3, 0.4) is 0 Å². The fourth-order valence-corrected chi connectivity index (χ4v) is 7.54. The topological polar surface area (TPSA) is 9.23 Å². The fourth-order valence-electron chi connectivity index (χ4n) is 2.57. The second kappa shape index (κ2) is 6.04. The summed E-state index contributed by atoms with van der Waals surface area (Å²) in [5.41, 5.74) is 2.70. The van der Waals surface area contributed by atoms with Gasteiger partial charge in [0.1, 0.15) is 9.83 Å². The molecule has 0 bridgehead atoms. The molecule has 0 N–H and O–H groups in total. The number of benzene rings is 1. The van der Waals surface area contributed by atoms with Crippen LogP contribution in [0.5, 0.6) is 5.75 Å². The van der Waals surface area contributed by atoms with Crippen LogP contribution in [0, 0.1) is 6.92 Å². The van der Waals surface area contributed by atoms with Crippen LogP contribution in [0.4, 0.5) is 0 Å². The molecule has 3 rings (SSSR count). The van der Waals surface area contributed by atoms with E-state index in [0.717, 1.165) is 5.75 Å². The molecule has 1 saturated heterocycles. The molecule has 0 spiro atoms. The zero-order valence-electron chi connectivity index (χ0n) is 11.7. The fraction of sp³-hybridized carbons (Fsp3) is 0.375. The molecule has 1 aliphatic rings. The average molecular weight is 323 g/mol. The molecule has 0 aliphatic carbocycles. The number of hydrogen-bond acceptors (Lipinski definition) is 4. The molecule has 106 valence electrons. The SMILES string of the molecule is COc1ccccc1C1(c2sccc2C)SCCCS1. The second-order valence-electron chi connectivity index (χ2n) is 4.80. The number of hydrogen-bond donors (Lipinski definition) is 0. The summed E-state index contributed by atoms with van der Waals surface area (Å²) in [6.45, 7) is 2.22. The number of ether oxygens (including phenoxy) is 1. The third-order valence-electron chi connectivity index (χ3n) is 3.52. The van der Waals surface area contributed by atoms with E-state index < -0.39 is 0 Å². The Kier molecular flexibility index (Phi) is 4.34. The van der Waals surface area contributed by atoms with Gasteiger partial charge < -0.3 is 4.74 Å². The lowest BCUT2D eigenvalue weighted by atomic mass is 10.1. The first-order valence-corrected chi connectivity index (χ1v) is 9.59. The number of thiophene rings is 1. The highest BCUT2D eigenvalue weighted by Crippen LogP contribution is 2.58. The lowest BCUT2D eigenvalue weighted by Gasteiger charge is -2.37. The highest BCUT2D eigenvalue weighted by Gasteiger charge is 2.41. The van der Waals surface area contributed by atoms with Crippen LogP contribution >= 0.6 is 34.9 Å². The number of thioether (sulfide) groups is 2. The van der Waals surface area contributed by atoms with Gasteiger partial charge >= 0.3 is 0 Å². The summed E-state index contributed by atoms with van der Waals surface area (Å²) in [5, 5.41) is 2.21. The van der Waals surface area contributed by atoms with E-state index in [1.54, 1.807) is 7.11 Å². The van der Waals surface area contributed by atoms with Crippen molar-refractivity contribution in [3.05, 3.63) is 51.7 Å². The number of para-hydroxylation sites is 1. The zero-order chi connectivity index (χ0) is 14.0. The Morgan fingerprint density at radius 3 is 2.50 bits per heavy atom. The molecule has 4 heteroatoms. The van der Waals surface area contributed by atoms with Crippen molar-refractivity contribution in [1.82, 2.24) is 0 Å². The molecule has 0 atom stereocenters. The molecule has 0 amide bonds. The van der Waals surface area contributed by atoms with E-state index in [1.807, 2.05) is 11.3 Å². The predicted molar refractivity (Wildman–Crippen MR) is 92.4 cm³/mol. The third-order valence-corrected chi connectivity index (χ3v) is 8.27. The van der Waals surface area contributed by atoms with Crippen molar-refractivity contribution in [2.45, 2.75) is 17.4 Å². The van der Waals surface area contributed by atoms with E-state index in [0.29, 0.717) is 0 Å². The Labute approximate surface area is 133 Å². The Hall–Kier alpha value is -0.580. The van der Waals surface area contributed by atoms with Crippen molar-refractivity contribution in [3.63, 3.8) is 0 Å². The van der Waals surface area contributed by atoms with Crippen LogP contribution < -0.4 is 4.74 Å². The summed E-state index contributed by atoms with van der Waals surface area (Å²) in [6.07, 6.45) is 1.29. The number of aryl methyl sites for hydroxylation is 1. The Balaban J connectivity index is 2.18. The van der Waals surface area contributed by atoms with Gasteiger partial charge in [-0.05, 0) is 47.9 Å². The number of methoxy groups -OCH3 is 1. The monoisotopic (exact) mass is 322 g/mol. The van der Waals surface area contributed by atoms with Gasteiger partial charge in [-0.2, -0.15) is 0 Å². The lowest BCUT2D eigenvalue weighted by molar-refractivity contribution is 0.409. The van der Waals surface area contributed by atoms with Crippen molar-refractivity contribution in [1.29, 1.82) is 0 Å². The highest BCUT2D eigenvalue weighted by atomic mass is 32.2. The maximum atomic E-state index is 5.64. The van der Waals surface area contributed by atoms with Gasteiger partial charge in [-0.15, -0.1) is 34.9 Å². The Morgan fingerprint density at radius 1 is 1.10 bits per heavy atom. The van der Waals surface area contributed by atoms with Crippen molar-refractivity contribution < 1.29 is 4.74 Å². The summed E-state index contributed by atoms with van der Waals surface area (Å²) in [7, 11) is 1.77. The minimum atomic E-state index is 0.00308. The van der Waals surface area contributed by atoms with Gasteiger partial charge in [0, 0.05) is 10.4 Å². The summed E-state index contributed by atoms with van der Waals surface area (Å²) in [5.74, 6) is 3.42. The van der Waals surface area contributed by atoms with Crippen LogP contribution in [-0.2, 0) is 4.08 Å². The van der Waals surface area contributed by atoms with Gasteiger partial charge in [0.25, 0.3) is 0 Å².